The van der Waals surface area contributed by atoms with Crippen molar-refractivity contribution in [2.75, 3.05) is 6.54 Å². The van der Waals surface area contributed by atoms with Crippen molar-refractivity contribution in [2.24, 2.45) is 17.1 Å². The van der Waals surface area contributed by atoms with Gasteiger partial charge in [0.2, 0.25) is 17.7 Å². The molecular formula is C25H34F3N5O4S. The number of benzene rings is 1. The van der Waals surface area contributed by atoms with Gasteiger partial charge in [-0.1, -0.05) is 45.0 Å². The number of amides is 4. The summed E-state index contributed by atoms with van der Waals surface area (Å²) in [5, 5.41) is 6.56. The lowest BCUT2D eigenvalue weighted by atomic mass is 9.84. The van der Waals surface area contributed by atoms with Gasteiger partial charge in [0.1, 0.15) is 12.1 Å². The highest BCUT2D eigenvalue weighted by atomic mass is 32.1. The van der Waals surface area contributed by atoms with Gasteiger partial charge in [0.25, 0.3) is 0 Å². The summed E-state index contributed by atoms with van der Waals surface area (Å²) in [5.41, 5.74) is 6.45. The lowest BCUT2D eigenvalue weighted by Crippen LogP contribution is -2.62. The molecule has 2 aliphatic heterocycles. The standard InChI is InChI=1S/C25H34F3N5O4S/c1-24(2,3)18(32-23(37)25(26,27)28)22(36)33-12-15-7-5-4-6-13(15)11-17(33)21(35)31-16(19(29)38)10-14-8-9-30-20(14)34/h4-7,14,16-19,38H,8-12,29H2,1-3H3,(H,30,34)(H,31,35)(H,32,37)/t14-,16-,17-,18+,19?/m0/s1. The zero-order valence-corrected chi connectivity index (χ0v) is 22.4. The van der Waals surface area contributed by atoms with Crippen molar-refractivity contribution in [1.29, 1.82) is 0 Å². The first-order chi connectivity index (χ1) is 17.6. The van der Waals surface area contributed by atoms with Gasteiger partial charge in [0.15, 0.2) is 0 Å². The third-order valence-corrected chi connectivity index (χ3v) is 7.28. The Kier molecular flexibility index (Phi) is 9.02. The van der Waals surface area contributed by atoms with Crippen molar-refractivity contribution in [3.05, 3.63) is 35.4 Å². The monoisotopic (exact) mass is 557 g/mol. The molecule has 0 spiro atoms. The average Bonchev–Trinajstić information content (AvgIpc) is 3.23. The molecule has 13 heteroatoms. The number of carbonyl (C=O) groups is 4. The Bertz CT molecular complexity index is 1080. The fraction of sp³-hybridized carbons (Fsp3) is 0.600. The second-order valence-electron chi connectivity index (χ2n) is 10.8. The zero-order valence-electron chi connectivity index (χ0n) is 21.5. The van der Waals surface area contributed by atoms with Crippen LogP contribution in [-0.2, 0) is 32.1 Å². The van der Waals surface area contributed by atoms with Crippen molar-refractivity contribution in [3.63, 3.8) is 0 Å². The number of nitrogens with one attached hydrogen (secondary N) is 3. The van der Waals surface area contributed by atoms with Crippen LogP contribution in [0.2, 0.25) is 0 Å². The van der Waals surface area contributed by atoms with Crippen LogP contribution in [-0.4, -0.2) is 64.7 Å². The first-order valence-electron chi connectivity index (χ1n) is 12.4. The highest BCUT2D eigenvalue weighted by Crippen LogP contribution is 2.29. The molecule has 2 aliphatic rings. The molecule has 2 heterocycles. The van der Waals surface area contributed by atoms with Gasteiger partial charge in [0, 0.05) is 25.4 Å². The Morgan fingerprint density at radius 3 is 2.32 bits per heavy atom. The second kappa shape index (κ2) is 11.5. The summed E-state index contributed by atoms with van der Waals surface area (Å²) in [6, 6.07) is 3.80. The lowest BCUT2D eigenvalue weighted by molar-refractivity contribution is -0.176. The molecule has 4 amide bonds. The second-order valence-corrected chi connectivity index (χ2v) is 11.4. The fourth-order valence-corrected chi connectivity index (χ4v) is 4.95. The van der Waals surface area contributed by atoms with Crippen molar-refractivity contribution in [2.45, 2.75) is 76.3 Å². The molecule has 3 rings (SSSR count). The number of nitrogens with two attached hydrogens (primary N) is 1. The lowest BCUT2D eigenvalue weighted by Gasteiger charge is -2.41. The molecule has 0 aliphatic carbocycles. The highest BCUT2D eigenvalue weighted by Gasteiger charge is 2.47. The Morgan fingerprint density at radius 2 is 1.79 bits per heavy atom. The minimum absolute atomic E-state index is 0.0375. The Labute approximate surface area is 224 Å². The van der Waals surface area contributed by atoms with Crippen LogP contribution in [0.25, 0.3) is 0 Å². The quantitative estimate of drug-likeness (QED) is 0.254. The molecule has 1 saturated heterocycles. The smallest absolute Gasteiger partial charge is 0.356 e. The van der Waals surface area contributed by atoms with E-state index >= 15 is 0 Å². The Morgan fingerprint density at radius 1 is 1.16 bits per heavy atom. The van der Waals surface area contributed by atoms with Crippen LogP contribution in [0.3, 0.4) is 0 Å². The number of halogens is 3. The Balaban J connectivity index is 1.90. The number of carbonyl (C=O) groups excluding carboxylic acids is 4. The molecule has 0 saturated carbocycles. The van der Waals surface area contributed by atoms with Crippen LogP contribution in [0.1, 0.15) is 44.7 Å². The number of nitrogens with zero attached hydrogens (tertiary/aromatic N) is 1. The van der Waals surface area contributed by atoms with E-state index in [4.69, 9.17) is 5.73 Å². The van der Waals surface area contributed by atoms with Gasteiger partial charge in [-0.3, -0.25) is 19.2 Å². The molecule has 210 valence electrons. The van der Waals surface area contributed by atoms with E-state index in [1.807, 2.05) is 11.4 Å². The number of alkyl halides is 3. The molecular weight excluding hydrogens is 523 g/mol. The zero-order chi connectivity index (χ0) is 28.4. The molecule has 1 unspecified atom stereocenters. The summed E-state index contributed by atoms with van der Waals surface area (Å²) in [4.78, 5) is 52.4. The highest BCUT2D eigenvalue weighted by molar-refractivity contribution is 7.80. The SMILES string of the molecule is CC(C)(C)[C@H](NC(=O)C(F)(F)F)C(=O)N1Cc2ccccc2C[C@H]1C(=O)N[C@@H](C[C@@H]1CCNC1=O)C(N)S. The third-order valence-electron chi connectivity index (χ3n) is 6.92. The molecule has 1 aromatic carbocycles. The summed E-state index contributed by atoms with van der Waals surface area (Å²) in [5.74, 6) is -4.12. The van der Waals surface area contributed by atoms with E-state index in [9.17, 15) is 32.3 Å². The maximum atomic E-state index is 13.7. The molecule has 0 radical (unpaired) electrons. The third kappa shape index (κ3) is 6.99. The van der Waals surface area contributed by atoms with E-state index in [-0.39, 0.29) is 31.2 Å². The normalized spacial score (nSPS) is 22.1. The number of thiol groups is 1. The Hall–Kier alpha value is -2.80. The van der Waals surface area contributed by atoms with E-state index in [1.165, 1.54) is 25.7 Å². The van der Waals surface area contributed by atoms with Gasteiger partial charge < -0.3 is 26.6 Å². The summed E-state index contributed by atoms with van der Waals surface area (Å²) >= 11 is 4.27. The molecule has 0 aromatic heterocycles. The number of rotatable bonds is 7. The first-order valence-corrected chi connectivity index (χ1v) is 12.9. The number of fused-ring (bicyclic) bond motifs is 1. The van der Waals surface area contributed by atoms with Crippen LogP contribution < -0.4 is 21.7 Å². The van der Waals surface area contributed by atoms with Gasteiger partial charge in [-0.15, -0.1) is 0 Å². The summed E-state index contributed by atoms with van der Waals surface area (Å²) < 4.78 is 39.2. The molecule has 0 bridgehead atoms. The maximum absolute atomic E-state index is 13.7. The van der Waals surface area contributed by atoms with Crippen molar-refractivity contribution in [1.82, 2.24) is 20.9 Å². The summed E-state index contributed by atoms with van der Waals surface area (Å²) in [6.07, 6.45) is -4.25. The summed E-state index contributed by atoms with van der Waals surface area (Å²) in [6.45, 7) is 5.07. The van der Waals surface area contributed by atoms with Gasteiger partial charge in [-0.25, -0.2) is 0 Å². The van der Waals surface area contributed by atoms with E-state index in [0.717, 1.165) is 11.1 Å². The number of hydrogen-bond donors (Lipinski definition) is 5. The van der Waals surface area contributed by atoms with Crippen LogP contribution in [0.15, 0.2) is 24.3 Å². The molecule has 1 fully saturated rings. The van der Waals surface area contributed by atoms with Gasteiger partial charge >= 0.3 is 12.1 Å². The van der Waals surface area contributed by atoms with Crippen LogP contribution in [0.4, 0.5) is 13.2 Å². The largest absolute Gasteiger partial charge is 0.471 e. The van der Waals surface area contributed by atoms with Gasteiger partial charge in [-0.05, 0) is 29.4 Å². The molecule has 9 nitrogen and oxygen atoms in total. The van der Waals surface area contributed by atoms with E-state index in [1.54, 1.807) is 18.2 Å². The van der Waals surface area contributed by atoms with E-state index < -0.39 is 52.8 Å². The predicted octanol–water partition coefficient (Wildman–Crippen LogP) is 1.26. The molecule has 1 aromatic rings. The molecule has 38 heavy (non-hydrogen) atoms. The van der Waals surface area contributed by atoms with Crippen molar-refractivity contribution in [3.8, 4) is 0 Å². The molecule has 5 atom stereocenters. The van der Waals surface area contributed by atoms with Crippen LogP contribution >= 0.6 is 12.6 Å². The number of hydrogen-bond acceptors (Lipinski definition) is 6. The van der Waals surface area contributed by atoms with Crippen molar-refractivity contribution < 1.29 is 32.3 Å². The van der Waals surface area contributed by atoms with E-state index in [0.29, 0.717) is 13.0 Å². The fourth-order valence-electron chi connectivity index (χ4n) is 4.76. The van der Waals surface area contributed by atoms with Crippen LogP contribution in [0, 0.1) is 11.3 Å². The van der Waals surface area contributed by atoms with Gasteiger partial charge in [0.05, 0.1) is 11.4 Å². The minimum Gasteiger partial charge on any atom is -0.356 e. The molecule has 5 N–H and O–H groups in total. The minimum atomic E-state index is -5.18. The predicted molar refractivity (Wildman–Crippen MR) is 137 cm³/mol. The summed E-state index contributed by atoms with van der Waals surface area (Å²) in [7, 11) is 0. The topological polar surface area (TPSA) is 134 Å². The maximum Gasteiger partial charge on any atom is 0.471 e. The first kappa shape index (κ1) is 29.8. The van der Waals surface area contributed by atoms with Crippen LogP contribution in [0.5, 0.6) is 0 Å². The average molecular weight is 558 g/mol. The van der Waals surface area contributed by atoms with E-state index in [2.05, 4.69) is 23.3 Å². The van der Waals surface area contributed by atoms with Crippen molar-refractivity contribution >= 4 is 36.3 Å². The van der Waals surface area contributed by atoms with Gasteiger partial charge in [-0.2, -0.15) is 25.8 Å².